The molecule has 43 heavy (non-hydrogen) atoms. The molecule has 9 heteroatoms. The lowest BCUT2D eigenvalue weighted by Crippen LogP contribution is -3.28. The maximum Gasteiger partial charge on any atom is 0.127 e. The number of nitrogens with zero attached hydrogens (tertiary/aromatic N) is 2. The summed E-state index contributed by atoms with van der Waals surface area (Å²) in [7, 11) is 0. The number of rotatable bonds is 8. The average molecular weight is 638 g/mol. The highest BCUT2D eigenvalue weighted by molar-refractivity contribution is 6.33. The molecule has 0 saturated carbocycles. The van der Waals surface area contributed by atoms with Crippen LogP contribution in [0.5, 0.6) is 0 Å². The van der Waals surface area contributed by atoms with Crippen LogP contribution in [0.1, 0.15) is 0 Å². The molecule has 0 spiro atoms. The number of halogens is 3. The second-order valence-corrected chi connectivity index (χ2v) is 13.2. The normalized spacial score (nSPS) is 19.1. The lowest BCUT2D eigenvalue weighted by Gasteiger charge is -2.32. The SMILES string of the molecule is O[C@@H](Cn1c2ccccc2c2cc(Cl)ccc21)C[NH+]1CC[NH+](C[C@@H](O)Cn2c3ccc(Cl)cc3c3cc(Cl)ccc32)CC1. The molecule has 3 heterocycles. The maximum atomic E-state index is 11.2. The fourth-order valence-corrected chi connectivity index (χ4v) is 7.57. The molecule has 4 N–H and O–H groups in total. The van der Waals surface area contributed by atoms with Crippen LogP contribution in [0.4, 0.5) is 0 Å². The van der Waals surface area contributed by atoms with Crippen molar-refractivity contribution >= 4 is 78.4 Å². The Morgan fingerprint density at radius 3 is 1.35 bits per heavy atom. The van der Waals surface area contributed by atoms with Crippen molar-refractivity contribution in [3.63, 3.8) is 0 Å². The lowest BCUT2D eigenvalue weighted by molar-refractivity contribution is -1.01. The number of aliphatic hydroxyl groups is 2. The van der Waals surface area contributed by atoms with Crippen molar-refractivity contribution in [2.75, 3.05) is 39.3 Å². The molecule has 0 amide bonds. The standard InChI is InChI=1S/C34H33Cl3N4O2/c35-22-5-8-32-28(15-22)27-3-1-2-4-31(27)40(32)20-25(42)18-38-11-13-39(14-12-38)19-26(43)21-41-33-9-6-23(36)16-29(33)30-17-24(37)7-10-34(30)41/h1-10,15-17,25-26,42-43H,11-14,18-21H2/p+2/t25-,26-/m1/s1. The molecule has 0 unspecified atom stereocenters. The monoisotopic (exact) mass is 636 g/mol. The highest BCUT2D eigenvalue weighted by Gasteiger charge is 2.28. The summed E-state index contributed by atoms with van der Waals surface area (Å²) in [5.74, 6) is 0. The molecule has 0 aliphatic carbocycles. The van der Waals surface area contributed by atoms with E-state index in [1.54, 1.807) is 0 Å². The molecule has 4 aromatic carbocycles. The van der Waals surface area contributed by atoms with Gasteiger partial charge in [-0.1, -0.05) is 53.0 Å². The molecule has 7 rings (SSSR count). The zero-order valence-electron chi connectivity index (χ0n) is 23.7. The minimum Gasteiger partial charge on any atom is -0.385 e. The Balaban J connectivity index is 0.978. The smallest absolute Gasteiger partial charge is 0.127 e. The van der Waals surface area contributed by atoms with Crippen LogP contribution in [0.3, 0.4) is 0 Å². The van der Waals surface area contributed by atoms with E-state index in [0.29, 0.717) is 36.2 Å². The molecule has 222 valence electrons. The first-order valence-corrected chi connectivity index (χ1v) is 16.0. The summed E-state index contributed by atoms with van der Waals surface area (Å²) in [5.41, 5.74) is 4.31. The van der Waals surface area contributed by atoms with Gasteiger partial charge in [0, 0.05) is 58.7 Å². The topological polar surface area (TPSA) is 59.2 Å². The van der Waals surface area contributed by atoms with Crippen LogP contribution < -0.4 is 9.80 Å². The fraction of sp³-hybridized carbons (Fsp3) is 0.294. The van der Waals surface area contributed by atoms with Crippen LogP contribution in [0.2, 0.25) is 15.1 Å². The van der Waals surface area contributed by atoms with Crippen LogP contribution in [-0.4, -0.2) is 70.8 Å². The molecule has 0 radical (unpaired) electrons. The van der Waals surface area contributed by atoms with Crippen molar-refractivity contribution in [3.05, 3.63) is 93.9 Å². The van der Waals surface area contributed by atoms with E-state index in [-0.39, 0.29) is 0 Å². The predicted molar refractivity (Wildman–Crippen MR) is 177 cm³/mol. The van der Waals surface area contributed by atoms with E-state index in [2.05, 4.69) is 21.3 Å². The van der Waals surface area contributed by atoms with Gasteiger partial charge in [0.2, 0.25) is 0 Å². The number of piperazine rings is 1. The summed E-state index contributed by atoms with van der Waals surface area (Å²) in [6.07, 6.45) is -0.953. The molecule has 1 aliphatic rings. The van der Waals surface area contributed by atoms with Crippen LogP contribution >= 0.6 is 34.8 Å². The number of hydrogen-bond donors (Lipinski definition) is 4. The number of benzene rings is 4. The van der Waals surface area contributed by atoms with Gasteiger partial charge < -0.3 is 29.1 Å². The molecule has 1 saturated heterocycles. The Kier molecular flexibility index (Phi) is 8.03. The summed E-state index contributed by atoms with van der Waals surface area (Å²) in [5, 5.41) is 28.8. The number of fused-ring (bicyclic) bond motifs is 6. The number of quaternary nitrogens is 2. The Hall–Kier alpha value is -2.81. The first kappa shape index (κ1) is 28.9. The van der Waals surface area contributed by atoms with E-state index in [0.717, 1.165) is 74.8 Å². The van der Waals surface area contributed by atoms with E-state index < -0.39 is 12.2 Å². The third kappa shape index (κ3) is 5.74. The second kappa shape index (κ2) is 11.9. The highest BCUT2D eigenvalue weighted by atomic mass is 35.5. The molecule has 6 nitrogen and oxygen atoms in total. The van der Waals surface area contributed by atoms with Crippen LogP contribution in [0.25, 0.3) is 43.6 Å². The van der Waals surface area contributed by atoms with Gasteiger partial charge in [0.05, 0.1) is 13.1 Å². The summed E-state index contributed by atoms with van der Waals surface area (Å²) >= 11 is 18.9. The van der Waals surface area contributed by atoms with Crippen LogP contribution in [0.15, 0.2) is 78.9 Å². The quantitative estimate of drug-likeness (QED) is 0.204. The number of nitrogens with one attached hydrogen (secondary N) is 2. The molecule has 2 aromatic heterocycles. The van der Waals surface area contributed by atoms with E-state index >= 15 is 0 Å². The van der Waals surface area contributed by atoms with Gasteiger partial charge in [-0.05, 0) is 60.7 Å². The van der Waals surface area contributed by atoms with Gasteiger partial charge in [-0.3, -0.25) is 0 Å². The van der Waals surface area contributed by atoms with E-state index in [4.69, 9.17) is 34.8 Å². The maximum absolute atomic E-state index is 11.2. The molecular weight excluding hydrogens is 603 g/mol. The minimum atomic E-state index is -0.490. The number of hydrogen-bond acceptors (Lipinski definition) is 2. The lowest BCUT2D eigenvalue weighted by atomic mass is 10.1. The van der Waals surface area contributed by atoms with Gasteiger partial charge in [-0.25, -0.2) is 0 Å². The highest BCUT2D eigenvalue weighted by Crippen LogP contribution is 2.33. The Bertz CT molecular complexity index is 1880. The second-order valence-electron chi connectivity index (χ2n) is 11.9. The number of para-hydroxylation sites is 1. The van der Waals surface area contributed by atoms with Crippen LogP contribution in [0, 0.1) is 0 Å². The zero-order valence-corrected chi connectivity index (χ0v) is 26.0. The Labute approximate surface area is 265 Å². The minimum absolute atomic E-state index is 0.464. The Morgan fingerprint density at radius 1 is 0.535 bits per heavy atom. The van der Waals surface area contributed by atoms with Crippen molar-refractivity contribution in [2.24, 2.45) is 0 Å². The molecule has 1 fully saturated rings. The van der Waals surface area contributed by atoms with Crippen molar-refractivity contribution < 1.29 is 20.0 Å². The van der Waals surface area contributed by atoms with Gasteiger partial charge in [0.15, 0.2) is 0 Å². The summed E-state index contributed by atoms with van der Waals surface area (Å²) in [6.45, 7) is 6.29. The van der Waals surface area contributed by atoms with Gasteiger partial charge in [0.25, 0.3) is 0 Å². The molecule has 1 aliphatic heterocycles. The van der Waals surface area contributed by atoms with Crippen molar-refractivity contribution in [3.8, 4) is 0 Å². The van der Waals surface area contributed by atoms with Gasteiger partial charge in [-0.2, -0.15) is 0 Å². The largest absolute Gasteiger partial charge is 0.385 e. The van der Waals surface area contributed by atoms with Crippen LogP contribution in [-0.2, 0) is 13.1 Å². The fourth-order valence-electron chi connectivity index (χ4n) is 7.05. The van der Waals surface area contributed by atoms with Gasteiger partial charge >= 0.3 is 0 Å². The predicted octanol–water partition coefficient (Wildman–Crippen LogP) is 4.07. The molecular formula is C34H35Cl3N4O2+2. The Morgan fingerprint density at radius 2 is 0.907 bits per heavy atom. The molecule has 0 bridgehead atoms. The summed E-state index contributed by atoms with van der Waals surface area (Å²) < 4.78 is 4.40. The molecule has 2 atom stereocenters. The van der Waals surface area contributed by atoms with E-state index in [9.17, 15) is 10.2 Å². The average Bonchev–Trinajstić information content (AvgIpc) is 3.45. The van der Waals surface area contributed by atoms with Gasteiger partial charge in [0.1, 0.15) is 51.5 Å². The van der Waals surface area contributed by atoms with Crippen molar-refractivity contribution in [2.45, 2.75) is 25.3 Å². The van der Waals surface area contributed by atoms with E-state index in [1.165, 1.54) is 9.80 Å². The first-order chi connectivity index (χ1) is 20.8. The summed E-state index contributed by atoms with van der Waals surface area (Å²) in [6, 6.07) is 26.1. The number of aromatic nitrogens is 2. The third-order valence-electron chi connectivity index (χ3n) is 9.02. The van der Waals surface area contributed by atoms with Gasteiger partial charge in [-0.15, -0.1) is 0 Å². The van der Waals surface area contributed by atoms with E-state index in [1.807, 2.05) is 66.7 Å². The number of aliphatic hydroxyl groups excluding tert-OH is 2. The molecule has 6 aromatic rings. The van der Waals surface area contributed by atoms with Crippen molar-refractivity contribution in [1.82, 2.24) is 9.13 Å². The zero-order chi connectivity index (χ0) is 29.7. The third-order valence-corrected chi connectivity index (χ3v) is 9.73. The summed E-state index contributed by atoms with van der Waals surface area (Å²) in [4.78, 5) is 2.81. The van der Waals surface area contributed by atoms with Crippen molar-refractivity contribution in [1.29, 1.82) is 0 Å². The first-order valence-electron chi connectivity index (χ1n) is 14.9.